The lowest BCUT2D eigenvalue weighted by Gasteiger charge is -2.34. The van der Waals surface area contributed by atoms with Crippen molar-refractivity contribution in [3.63, 3.8) is 0 Å². The molecule has 56 heavy (non-hydrogen) atoms. The number of benzene rings is 1. The molecule has 326 valence electrons. The van der Waals surface area contributed by atoms with Crippen LogP contribution in [0, 0.1) is 0 Å². The van der Waals surface area contributed by atoms with E-state index in [2.05, 4.69) is 23.6 Å². The molecule has 1 heterocycles. The van der Waals surface area contributed by atoms with Crippen LogP contribution in [0.4, 0.5) is 0 Å². The number of esters is 1. The molecule has 1 N–H and O–H groups in total. The molecular formula is C49H90N2O5. The van der Waals surface area contributed by atoms with Crippen LogP contribution in [-0.2, 0) is 16.1 Å². The Morgan fingerprint density at radius 1 is 0.500 bits per heavy atom. The summed E-state index contributed by atoms with van der Waals surface area (Å²) in [5.74, 6) is 1.47. The van der Waals surface area contributed by atoms with E-state index in [1.54, 1.807) is 0 Å². The van der Waals surface area contributed by atoms with Crippen LogP contribution in [-0.4, -0.2) is 80.0 Å². The van der Waals surface area contributed by atoms with Crippen LogP contribution in [0.5, 0.6) is 11.5 Å². The molecule has 7 nitrogen and oxygen atoms in total. The molecule has 0 atom stereocenters. The summed E-state index contributed by atoms with van der Waals surface area (Å²) >= 11 is 0. The van der Waals surface area contributed by atoms with E-state index in [1.165, 1.54) is 167 Å². The van der Waals surface area contributed by atoms with Gasteiger partial charge in [0.15, 0.2) is 0 Å². The zero-order valence-electron chi connectivity index (χ0n) is 37.0. The highest BCUT2D eigenvalue weighted by Gasteiger charge is 2.16. The molecule has 1 aromatic carbocycles. The van der Waals surface area contributed by atoms with E-state index in [4.69, 9.17) is 14.2 Å². The van der Waals surface area contributed by atoms with E-state index in [0.29, 0.717) is 19.6 Å². The van der Waals surface area contributed by atoms with Crippen molar-refractivity contribution in [3.05, 3.63) is 23.8 Å². The summed E-state index contributed by atoms with van der Waals surface area (Å²) in [7, 11) is 0. The monoisotopic (exact) mass is 787 g/mol. The molecule has 1 fully saturated rings. The van der Waals surface area contributed by atoms with Crippen molar-refractivity contribution in [1.82, 2.24) is 9.80 Å². The number of β-amino-alcohol motifs (C(OH)–C–C–N with tert-alkyl or cyclic N) is 1. The van der Waals surface area contributed by atoms with Gasteiger partial charge in [-0.1, -0.05) is 181 Å². The summed E-state index contributed by atoms with van der Waals surface area (Å²) in [6.07, 6.45) is 38.9. The second-order valence-electron chi connectivity index (χ2n) is 16.9. The third kappa shape index (κ3) is 29.4. The average Bonchev–Trinajstić information content (AvgIpc) is 3.21. The molecule has 0 saturated carbocycles. The maximum Gasteiger partial charge on any atom is 0.306 e. The predicted octanol–water partition coefficient (Wildman–Crippen LogP) is 12.8. The van der Waals surface area contributed by atoms with Gasteiger partial charge in [0, 0.05) is 45.2 Å². The van der Waals surface area contributed by atoms with Crippen LogP contribution in [0.1, 0.15) is 212 Å². The lowest BCUT2D eigenvalue weighted by Crippen LogP contribution is -2.47. The summed E-state index contributed by atoms with van der Waals surface area (Å²) in [4.78, 5) is 17.4. The van der Waals surface area contributed by atoms with Gasteiger partial charge in [-0.25, -0.2) is 0 Å². The Labute approximate surface area is 346 Å². The zero-order chi connectivity index (χ0) is 40.0. The van der Waals surface area contributed by atoms with Gasteiger partial charge >= 0.3 is 5.97 Å². The van der Waals surface area contributed by atoms with Gasteiger partial charge in [0.2, 0.25) is 0 Å². The first-order valence-electron chi connectivity index (χ1n) is 24.2. The second kappa shape index (κ2) is 37.4. The molecule has 1 aliphatic rings. The number of nitrogens with zero attached hydrogens (tertiary/aromatic N) is 2. The van der Waals surface area contributed by atoms with Crippen LogP contribution in [0.15, 0.2) is 18.2 Å². The van der Waals surface area contributed by atoms with Crippen molar-refractivity contribution in [1.29, 1.82) is 0 Å². The van der Waals surface area contributed by atoms with Crippen LogP contribution in [0.25, 0.3) is 0 Å². The smallest absolute Gasteiger partial charge is 0.306 e. The molecule has 7 heteroatoms. The minimum Gasteiger partial charge on any atom is -0.493 e. The van der Waals surface area contributed by atoms with Gasteiger partial charge in [0.25, 0.3) is 0 Å². The number of aliphatic hydroxyl groups is 1. The molecular weight excluding hydrogens is 697 g/mol. The highest BCUT2D eigenvalue weighted by molar-refractivity contribution is 5.69. The number of unbranched alkanes of at least 4 members (excludes halogenated alkanes) is 26. The average molecular weight is 787 g/mol. The third-order valence-electron chi connectivity index (χ3n) is 11.6. The predicted molar refractivity (Wildman–Crippen MR) is 237 cm³/mol. The van der Waals surface area contributed by atoms with Crippen molar-refractivity contribution in [3.8, 4) is 11.5 Å². The Hall–Kier alpha value is -1.83. The summed E-state index contributed by atoms with van der Waals surface area (Å²) < 4.78 is 18.2. The van der Waals surface area contributed by atoms with Gasteiger partial charge in [-0.3, -0.25) is 9.69 Å². The van der Waals surface area contributed by atoms with Crippen molar-refractivity contribution in [2.75, 3.05) is 59.1 Å². The topological polar surface area (TPSA) is 71.5 Å². The normalized spacial score (nSPS) is 13.7. The first kappa shape index (κ1) is 50.3. The molecule has 0 unspecified atom stereocenters. The standard InChI is InChI=1S/C49H90N2O5/c1-3-5-7-9-11-13-15-17-18-20-22-24-26-28-30-41-55-48-43-46(45-56-49(53)32-31-33-50-34-36-51(37-35-50)38-39-52)42-47(44-48)54-40-29-27-25-23-21-19-16-14-12-10-8-6-4-2/h42-44,52H,3-41,45H2,1-2H3. The van der Waals surface area contributed by atoms with E-state index in [-0.39, 0.29) is 19.2 Å². The molecule has 0 radical (unpaired) electrons. The first-order valence-corrected chi connectivity index (χ1v) is 24.2. The quantitative estimate of drug-likeness (QED) is 0.0525. The van der Waals surface area contributed by atoms with Gasteiger partial charge in [-0.05, 0) is 43.5 Å². The van der Waals surface area contributed by atoms with Gasteiger partial charge in [-0.2, -0.15) is 0 Å². The molecule has 0 aliphatic carbocycles. The van der Waals surface area contributed by atoms with Crippen LogP contribution in [0.3, 0.4) is 0 Å². The molecule has 0 aromatic heterocycles. The van der Waals surface area contributed by atoms with Crippen LogP contribution in [0.2, 0.25) is 0 Å². The molecule has 0 bridgehead atoms. The number of piperazine rings is 1. The molecule has 2 rings (SSSR count). The van der Waals surface area contributed by atoms with E-state index in [0.717, 1.165) is 75.6 Å². The van der Waals surface area contributed by atoms with Crippen LogP contribution < -0.4 is 9.47 Å². The van der Waals surface area contributed by atoms with E-state index >= 15 is 0 Å². The largest absolute Gasteiger partial charge is 0.493 e. The van der Waals surface area contributed by atoms with E-state index in [1.807, 2.05) is 18.2 Å². The van der Waals surface area contributed by atoms with Gasteiger partial charge in [0.05, 0.1) is 19.8 Å². The molecule has 1 aliphatic heterocycles. The SMILES string of the molecule is CCCCCCCCCCCCCCCCCOc1cc(COC(=O)CCCN2CCN(CCO)CC2)cc(OCCCCCCCCCCCCCCC)c1. The molecule has 0 spiro atoms. The van der Waals surface area contributed by atoms with Crippen molar-refractivity contribution in [2.24, 2.45) is 0 Å². The maximum atomic E-state index is 12.7. The number of ether oxygens (including phenoxy) is 3. The fraction of sp³-hybridized carbons (Fsp3) is 0.857. The number of hydrogen-bond acceptors (Lipinski definition) is 7. The minimum absolute atomic E-state index is 0.150. The number of carbonyl (C=O) groups is 1. The lowest BCUT2D eigenvalue weighted by atomic mass is 10.0. The Bertz CT molecular complexity index is 1010. The Morgan fingerprint density at radius 2 is 0.857 bits per heavy atom. The molecule has 1 saturated heterocycles. The minimum atomic E-state index is -0.150. The Morgan fingerprint density at radius 3 is 1.23 bits per heavy atom. The van der Waals surface area contributed by atoms with Crippen LogP contribution >= 0.6 is 0 Å². The number of rotatable bonds is 40. The maximum absolute atomic E-state index is 12.7. The van der Waals surface area contributed by atoms with Crippen molar-refractivity contribution in [2.45, 2.75) is 213 Å². The Balaban J connectivity index is 1.65. The fourth-order valence-corrected chi connectivity index (χ4v) is 7.91. The first-order chi connectivity index (χ1) is 27.6. The number of carbonyl (C=O) groups excluding carboxylic acids is 1. The summed E-state index contributed by atoms with van der Waals surface area (Å²) in [6.45, 7) is 12.0. The molecule has 1 aromatic rings. The number of aliphatic hydroxyl groups excluding tert-OH is 1. The zero-order valence-corrected chi connectivity index (χ0v) is 37.0. The van der Waals surface area contributed by atoms with E-state index < -0.39 is 0 Å². The van der Waals surface area contributed by atoms with Gasteiger partial charge in [-0.15, -0.1) is 0 Å². The second-order valence-corrected chi connectivity index (χ2v) is 16.9. The van der Waals surface area contributed by atoms with Gasteiger partial charge in [0.1, 0.15) is 18.1 Å². The summed E-state index contributed by atoms with van der Waals surface area (Å²) in [5, 5.41) is 9.18. The molecule has 0 amide bonds. The third-order valence-corrected chi connectivity index (χ3v) is 11.6. The lowest BCUT2D eigenvalue weighted by molar-refractivity contribution is -0.145. The van der Waals surface area contributed by atoms with Crippen molar-refractivity contribution < 1.29 is 24.1 Å². The van der Waals surface area contributed by atoms with E-state index in [9.17, 15) is 9.90 Å². The summed E-state index contributed by atoms with van der Waals surface area (Å²) in [5.41, 5.74) is 0.924. The summed E-state index contributed by atoms with van der Waals surface area (Å²) in [6, 6.07) is 6.05. The van der Waals surface area contributed by atoms with Gasteiger partial charge < -0.3 is 24.2 Å². The highest BCUT2D eigenvalue weighted by atomic mass is 16.5. The Kier molecular flexibility index (Phi) is 33.6. The fourth-order valence-electron chi connectivity index (χ4n) is 7.91. The number of hydrogen-bond donors (Lipinski definition) is 1. The van der Waals surface area contributed by atoms with Crippen molar-refractivity contribution >= 4 is 5.97 Å². The highest BCUT2D eigenvalue weighted by Crippen LogP contribution is 2.25.